The molecular formula is C27H33N5O5. The first-order valence-electron chi connectivity index (χ1n) is 12.8. The van der Waals surface area contributed by atoms with Crippen LogP contribution in [-0.2, 0) is 9.53 Å². The van der Waals surface area contributed by atoms with Crippen LogP contribution in [0.25, 0.3) is 22.0 Å². The van der Waals surface area contributed by atoms with Gasteiger partial charge in [0.05, 0.1) is 19.4 Å². The Bertz CT molecular complexity index is 1370. The third-order valence-corrected chi connectivity index (χ3v) is 5.90. The predicted octanol–water partition coefficient (Wildman–Crippen LogP) is 3.62. The van der Waals surface area contributed by atoms with Crippen molar-refractivity contribution in [2.45, 2.75) is 59.1 Å². The first kappa shape index (κ1) is 24.7. The van der Waals surface area contributed by atoms with Gasteiger partial charge in [-0.05, 0) is 71.2 Å². The molecule has 3 aromatic rings. The van der Waals surface area contributed by atoms with Crippen molar-refractivity contribution in [3.8, 4) is 17.0 Å². The number of aromatic nitrogens is 3. The maximum atomic E-state index is 13.2. The molecule has 1 fully saturated rings. The van der Waals surface area contributed by atoms with Crippen LogP contribution in [0.15, 0.2) is 30.5 Å². The van der Waals surface area contributed by atoms with E-state index in [0.29, 0.717) is 22.2 Å². The second-order valence-corrected chi connectivity index (χ2v) is 10.9. The molecule has 0 saturated heterocycles. The highest BCUT2D eigenvalue weighted by Gasteiger charge is 2.33. The molecule has 1 aliphatic carbocycles. The Balaban J connectivity index is 1.56. The lowest BCUT2D eigenvalue weighted by molar-refractivity contribution is -0.165. The van der Waals surface area contributed by atoms with Gasteiger partial charge >= 0.3 is 5.97 Å². The van der Waals surface area contributed by atoms with Gasteiger partial charge in [0.2, 0.25) is 5.88 Å². The number of nitrogens with zero attached hydrogens (tertiary/aromatic N) is 2. The Morgan fingerprint density at radius 1 is 1.11 bits per heavy atom. The number of fused-ring (bicyclic) bond motifs is 1. The number of ether oxygens (including phenoxy) is 2. The Morgan fingerprint density at radius 2 is 1.86 bits per heavy atom. The highest BCUT2D eigenvalue weighted by atomic mass is 16.6. The summed E-state index contributed by atoms with van der Waals surface area (Å²) in [5, 5.41) is 13.5. The van der Waals surface area contributed by atoms with Gasteiger partial charge in [0.25, 0.3) is 11.8 Å². The van der Waals surface area contributed by atoms with Gasteiger partial charge in [0.15, 0.2) is 5.69 Å². The summed E-state index contributed by atoms with van der Waals surface area (Å²) in [4.78, 5) is 42.5. The molecule has 10 heteroatoms. The second kappa shape index (κ2) is 9.84. The van der Waals surface area contributed by atoms with Crippen LogP contribution in [0.1, 0.15) is 69.7 Å². The van der Waals surface area contributed by atoms with Gasteiger partial charge in [-0.3, -0.25) is 19.5 Å². The third-order valence-electron chi connectivity index (χ3n) is 5.90. The molecule has 196 valence electrons. The normalized spacial score (nSPS) is 14.1. The van der Waals surface area contributed by atoms with E-state index in [1.165, 1.54) is 0 Å². The molecule has 1 aliphatic rings. The van der Waals surface area contributed by atoms with Gasteiger partial charge in [0, 0.05) is 29.7 Å². The molecule has 0 bridgehead atoms. The number of pyridine rings is 1. The first-order valence-corrected chi connectivity index (χ1v) is 12.1. The SMILES string of the molecule is [2H]COc1ncc(-c2ccc3c(C(=O)NC4CC4)n[nH]c3c2)cc1C(=O)NCC(C)(C)C(=O)OC(C)(C)C. The van der Waals surface area contributed by atoms with Crippen molar-refractivity contribution < 1.29 is 25.2 Å². The topological polar surface area (TPSA) is 135 Å². The van der Waals surface area contributed by atoms with Crippen LogP contribution in [0, 0.1) is 5.41 Å². The fourth-order valence-corrected chi connectivity index (χ4v) is 3.63. The van der Waals surface area contributed by atoms with Crippen molar-refractivity contribution in [2.75, 3.05) is 13.6 Å². The van der Waals surface area contributed by atoms with E-state index in [4.69, 9.17) is 10.8 Å². The predicted molar refractivity (Wildman–Crippen MR) is 138 cm³/mol. The van der Waals surface area contributed by atoms with E-state index < -0.39 is 30.0 Å². The monoisotopic (exact) mass is 508 g/mol. The zero-order valence-electron chi connectivity index (χ0n) is 22.7. The minimum Gasteiger partial charge on any atom is -0.480 e. The zero-order valence-corrected chi connectivity index (χ0v) is 21.7. The van der Waals surface area contributed by atoms with Gasteiger partial charge in [-0.1, -0.05) is 6.07 Å². The number of H-pyrrole nitrogens is 1. The van der Waals surface area contributed by atoms with E-state index in [0.717, 1.165) is 18.4 Å². The number of benzene rings is 1. The number of nitrogens with one attached hydrogen (secondary N) is 3. The number of rotatable bonds is 8. The molecule has 2 heterocycles. The minimum absolute atomic E-state index is 0.0120. The Morgan fingerprint density at radius 3 is 2.54 bits per heavy atom. The van der Waals surface area contributed by atoms with Crippen LogP contribution in [0.2, 0.25) is 0 Å². The maximum Gasteiger partial charge on any atom is 0.313 e. The van der Waals surface area contributed by atoms with E-state index in [1.54, 1.807) is 52.9 Å². The van der Waals surface area contributed by atoms with E-state index in [-0.39, 0.29) is 29.9 Å². The highest BCUT2D eigenvalue weighted by molar-refractivity contribution is 6.05. The lowest BCUT2D eigenvalue weighted by Crippen LogP contribution is -2.42. The van der Waals surface area contributed by atoms with Crippen molar-refractivity contribution in [3.63, 3.8) is 0 Å². The smallest absolute Gasteiger partial charge is 0.313 e. The summed E-state index contributed by atoms with van der Waals surface area (Å²) in [5.41, 5.74) is 0.873. The summed E-state index contributed by atoms with van der Waals surface area (Å²) in [6, 6.07) is 7.29. The van der Waals surface area contributed by atoms with Crippen LogP contribution < -0.4 is 15.4 Å². The largest absolute Gasteiger partial charge is 0.480 e. The highest BCUT2D eigenvalue weighted by Crippen LogP contribution is 2.29. The molecule has 2 aromatic heterocycles. The number of hydrogen-bond acceptors (Lipinski definition) is 7. The summed E-state index contributed by atoms with van der Waals surface area (Å²) in [6.07, 6.45) is 3.52. The molecule has 4 rings (SSSR count). The van der Waals surface area contributed by atoms with Crippen LogP contribution in [0.4, 0.5) is 0 Å². The molecule has 37 heavy (non-hydrogen) atoms. The summed E-state index contributed by atoms with van der Waals surface area (Å²) in [5.74, 6) is -1.13. The van der Waals surface area contributed by atoms with Crippen molar-refractivity contribution >= 4 is 28.7 Å². The molecule has 0 spiro atoms. The second-order valence-electron chi connectivity index (χ2n) is 10.9. The quantitative estimate of drug-likeness (QED) is 0.396. The van der Waals surface area contributed by atoms with E-state index in [1.807, 2.05) is 12.1 Å². The summed E-state index contributed by atoms with van der Waals surface area (Å²) < 4.78 is 18.2. The third kappa shape index (κ3) is 6.07. The Labute approximate surface area is 216 Å². The van der Waals surface area contributed by atoms with Gasteiger partial charge < -0.3 is 20.1 Å². The van der Waals surface area contributed by atoms with Crippen LogP contribution in [0.5, 0.6) is 5.88 Å². The Hall–Kier alpha value is -3.95. The summed E-state index contributed by atoms with van der Waals surface area (Å²) in [6.45, 7) is 8.76. The Kier molecular flexibility index (Phi) is 6.57. The average Bonchev–Trinajstić information content (AvgIpc) is 3.56. The fourth-order valence-electron chi connectivity index (χ4n) is 3.63. The number of methoxy groups -OCH3 is 1. The van der Waals surface area contributed by atoms with E-state index in [9.17, 15) is 14.4 Å². The van der Waals surface area contributed by atoms with Gasteiger partial charge in [-0.15, -0.1) is 0 Å². The minimum atomic E-state index is -0.973. The molecule has 1 aromatic carbocycles. The fraction of sp³-hybridized carbons (Fsp3) is 0.444. The number of aromatic amines is 1. The molecule has 0 radical (unpaired) electrons. The van der Waals surface area contributed by atoms with Crippen molar-refractivity contribution in [1.29, 1.82) is 0 Å². The lowest BCUT2D eigenvalue weighted by atomic mass is 9.93. The zero-order chi connectivity index (χ0) is 27.7. The number of esters is 1. The van der Waals surface area contributed by atoms with E-state index >= 15 is 0 Å². The summed E-state index contributed by atoms with van der Waals surface area (Å²) >= 11 is 0. The van der Waals surface area contributed by atoms with Crippen molar-refractivity contribution in [3.05, 3.63) is 41.7 Å². The van der Waals surface area contributed by atoms with Gasteiger partial charge in [-0.25, -0.2) is 4.98 Å². The van der Waals surface area contributed by atoms with Crippen LogP contribution >= 0.6 is 0 Å². The average molecular weight is 509 g/mol. The molecule has 10 nitrogen and oxygen atoms in total. The van der Waals surface area contributed by atoms with Gasteiger partial charge in [-0.2, -0.15) is 5.10 Å². The van der Waals surface area contributed by atoms with Crippen LogP contribution in [-0.4, -0.2) is 58.2 Å². The molecular weight excluding hydrogens is 474 g/mol. The molecule has 2 amide bonds. The number of carbonyl (C=O) groups excluding carboxylic acids is 3. The molecule has 0 atom stereocenters. The van der Waals surface area contributed by atoms with Crippen LogP contribution in [0.3, 0.4) is 0 Å². The number of carbonyl (C=O) groups is 3. The maximum absolute atomic E-state index is 13.2. The number of amides is 2. The molecule has 1 saturated carbocycles. The lowest BCUT2D eigenvalue weighted by Gasteiger charge is -2.28. The molecule has 0 aliphatic heterocycles. The van der Waals surface area contributed by atoms with E-state index in [2.05, 4.69) is 25.8 Å². The van der Waals surface area contributed by atoms with Crippen molar-refractivity contribution in [1.82, 2.24) is 25.8 Å². The van der Waals surface area contributed by atoms with Crippen molar-refractivity contribution in [2.24, 2.45) is 5.41 Å². The summed E-state index contributed by atoms with van der Waals surface area (Å²) in [7, 11) is -0.415. The molecule has 0 unspecified atom stereocenters. The molecule has 3 N–H and O–H groups in total. The number of hydrogen-bond donors (Lipinski definition) is 3. The first-order chi connectivity index (χ1) is 17.9. The standard InChI is InChI=1S/C27H33N5O5/c1-26(2,3)37-25(35)27(4,5)14-29-22(33)19-11-16(13-28-24(19)36-6)15-7-10-18-20(12-15)31-32-21(18)23(34)30-17-8-9-17/h7,10-13,17H,8-9,14H2,1-6H3,(H,29,33)(H,30,34)(H,31,32)/i6D. The van der Waals surface area contributed by atoms with Gasteiger partial charge in [0.1, 0.15) is 11.2 Å².